The Hall–Kier alpha value is -1.78. The van der Waals surface area contributed by atoms with E-state index >= 15 is 0 Å². The van der Waals surface area contributed by atoms with Crippen LogP contribution in [0.5, 0.6) is 11.5 Å². The highest BCUT2D eigenvalue weighted by molar-refractivity contribution is 5.98. The van der Waals surface area contributed by atoms with Gasteiger partial charge in [0.25, 0.3) is 5.91 Å². The third-order valence-electron chi connectivity index (χ3n) is 2.07. The molecule has 0 aliphatic heterocycles. The summed E-state index contributed by atoms with van der Waals surface area (Å²) in [5.41, 5.74) is 1.01. The van der Waals surface area contributed by atoms with Gasteiger partial charge in [0.15, 0.2) is 11.5 Å². The number of aromatic nitrogens is 1. The Morgan fingerprint density at radius 3 is 2.53 bits per heavy atom. The number of methoxy groups -OCH3 is 2. The van der Waals surface area contributed by atoms with Crippen molar-refractivity contribution in [1.82, 2.24) is 10.3 Å². The molecule has 0 unspecified atom stereocenters. The van der Waals surface area contributed by atoms with E-state index in [2.05, 4.69) is 10.3 Å². The predicted molar refractivity (Wildman–Crippen MR) is 55.5 cm³/mol. The SMILES string of the molecule is CNC(=O)c1c(C)ncc(OC)c1OC. The van der Waals surface area contributed by atoms with E-state index in [9.17, 15) is 4.79 Å². The molecule has 1 amide bonds. The van der Waals surface area contributed by atoms with E-state index in [1.807, 2.05) is 0 Å². The first-order chi connectivity index (χ1) is 7.15. The van der Waals surface area contributed by atoms with Crippen molar-refractivity contribution in [3.63, 3.8) is 0 Å². The lowest BCUT2D eigenvalue weighted by molar-refractivity contribution is 0.0958. The zero-order valence-electron chi connectivity index (χ0n) is 9.25. The van der Waals surface area contributed by atoms with Crippen LogP contribution in [0.25, 0.3) is 0 Å². The quantitative estimate of drug-likeness (QED) is 0.800. The van der Waals surface area contributed by atoms with Gasteiger partial charge < -0.3 is 14.8 Å². The molecule has 1 N–H and O–H groups in total. The van der Waals surface area contributed by atoms with Crippen LogP contribution in [0.3, 0.4) is 0 Å². The summed E-state index contributed by atoms with van der Waals surface area (Å²) in [7, 11) is 4.55. The molecule has 0 radical (unpaired) electrons. The van der Waals surface area contributed by atoms with E-state index in [1.54, 1.807) is 14.0 Å². The minimum absolute atomic E-state index is 0.240. The van der Waals surface area contributed by atoms with Crippen molar-refractivity contribution < 1.29 is 14.3 Å². The largest absolute Gasteiger partial charge is 0.492 e. The summed E-state index contributed by atoms with van der Waals surface area (Å²) in [5.74, 6) is 0.613. The molecule has 0 bridgehead atoms. The van der Waals surface area contributed by atoms with Gasteiger partial charge in [0, 0.05) is 7.05 Å². The minimum atomic E-state index is -0.240. The highest BCUT2D eigenvalue weighted by Gasteiger charge is 2.19. The number of rotatable bonds is 3. The second-order valence-electron chi connectivity index (χ2n) is 2.90. The van der Waals surface area contributed by atoms with Gasteiger partial charge in [0.1, 0.15) is 5.56 Å². The number of carbonyl (C=O) groups excluding carboxylic acids is 1. The molecule has 1 rings (SSSR count). The topological polar surface area (TPSA) is 60.5 Å². The van der Waals surface area contributed by atoms with Crippen molar-refractivity contribution in [3.8, 4) is 11.5 Å². The smallest absolute Gasteiger partial charge is 0.256 e. The number of nitrogens with zero attached hydrogens (tertiary/aromatic N) is 1. The average Bonchev–Trinajstić information content (AvgIpc) is 2.27. The summed E-state index contributed by atoms with van der Waals surface area (Å²) >= 11 is 0. The summed E-state index contributed by atoms with van der Waals surface area (Å²) in [6, 6.07) is 0. The van der Waals surface area contributed by atoms with Crippen molar-refractivity contribution in [2.75, 3.05) is 21.3 Å². The first-order valence-electron chi connectivity index (χ1n) is 4.45. The molecule has 82 valence electrons. The zero-order valence-corrected chi connectivity index (χ0v) is 9.25. The molecule has 0 aromatic carbocycles. The highest BCUT2D eigenvalue weighted by Crippen LogP contribution is 2.31. The zero-order chi connectivity index (χ0) is 11.4. The Morgan fingerprint density at radius 2 is 2.07 bits per heavy atom. The van der Waals surface area contributed by atoms with Gasteiger partial charge in [0.2, 0.25) is 0 Å². The first kappa shape index (κ1) is 11.3. The van der Waals surface area contributed by atoms with E-state index in [0.717, 1.165) is 0 Å². The number of nitrogens with one attached hydrogen (secondary N) is 1. The lowest BCUT2D eigenvalue weighted by Gasteiger charge is -2.12. The number of aryl methyl sites for hydroxylation is 1. The molecule has 1 aromatic rings. The standard InChI is InChI=1S/C10H14N2O3/c1-6-8(10(13)11-2)9(15-4)7(14-3)5-12-6/h5H,1-4H3,(H,11,13). The van der Waals surface area contributed by atoms with Crippen molar-refractivity contribution in [1.29, 1.82) is 0 Å². The molecule has 0 spiro atoms. The van der Waals surface area contributed by atoms with Crippen LogP contribution >= 0.6 is 0 Å². The van der Waals surface area contributed by atoms with Gasteiger partial charge in [-0.1, -0.05) is 0 Å². The van der Waals surface area contributed by atoms with Crippen molar-refractivity contribution >= 4 is 5.91 Å². The normalized spacial score (nSPS) is 9.60. The van der Waals surface area contributed by atoms with Crippen LogP contribution in [0.1, 0.15) is 16.1 Å². The Kier molecular flexibility index (Phi) is 3.49. The first-order valence-corrected chi connectivity index (χ1v) is 4.45. The van der Waals surface area contributed by atoms with E-state index in [1.165, 1.54) is 20.4 Å². The van der Waals surface area contributed by atoms with Crippen molar-refractivity contribution in [2.24, 2.45) is 0 Å². The fraction of sp³-hybridized carbons (Fsp3) is 0.400. The lowest BCUT2D eigenvalue weighted by atomic mass is 10.1. The second kappa shape index (κ2) is 4.63. The molecule has 5 heteroatoms. The molecule has 1 heterocycles. The average molecular weight is 210 g/mol. The third-order valence-corrected chi connectivity index (χ3v) is 2.07. The molecule has 0 saturated carbocycles. The summed E-state index contributed by atoms with van der Waals surface area (Å²) in [6.45, 7) is 1.74. The predicted octanol–water partition coefficient (Wildman–Crippen LogP) is 0.767. The molecular formula is C10H14N2O3. The molecule has 0 saturated heterocycles. The molecule has 15 heavy (non-hydrogen) atoms. The van der Waals surface area contributed by atoms with Crippen molar-refractivity contribution in [2.45, 2.75) is 6.92 Å². The Bertz CT molecular complexity index is 377. The van der Waals surface area contributed by atoms with Crippen LogP contribution < -0.4 is 14.8 Å². The van der Waals surface area contributed by atoms with E-state index in [4.69, 9.17) is 9.47 Å². The number of pyridine rings is 1. The number of ether oxygens (including phenoxy) is 2. The monoisotopic (exact) mass is 210 g/mol. The molecule has 0 fully saturated rings. The maximum atomic E-state index is 11.6. The van der Waals surface area contributed by atoms with Crippen LogP contribution in [0.4, 0.5) is 0 Å². The van der Waals surface area contributed by atoms with Crippen LogP contribution in [0.15, 0.2) is 6.20 Å². The van der Waals surface area contributed by atoms with Gasteiger partial charge in [-0.25, -0.2) is 0 Å². The van der Waals surface area contributed by atoms with Gasteiger partial charge in [-0.2, -0.15) is 0 Å². The summed E-state index contributed by atoms with van der Waals surface area (Å²) in [6.07, 6.45) is 1.53. The fourth-order valence-electron chi connectivity index (χ4n) is 1.31. The number of hydrogen-bond acceptors (Lipinski definition) is 4. The molecule has 5 nitrogen and oxygen atoms in total. The van der Waals surface area contributed by atoms with E-state index in [-0.39, 0.29) is 5.91 Å². The Balaban J connectivity index is 3.38. The van der Waals surface area contributed by atoms with Crippen molar-refractivity contribution in [3.05, 3.63) is 17.5 Å². The van der Waals surface area contributed by atoms with Gasteiger partial charge in [0.05, 0.1) is 26.1 Å². The third kappa shape index (κ3) is 2.01. The van der Waals surface area contributed by atoms with Gasteiger partial charge in [-0.3, -0.25) is 9.78 Å². The fourth-order valence-corrected chi connectivity index (χ4v) is 1.31. The summed E-state index contributed by atoms with van der Waals surface area (Å²) < 4.78 is 10.2. The Labute approximate surface area is 88.4 Å². The van der Waals surface area contributed by atoms with E-state index in [0.29, 0.717) is 22.8 Å². The summed E-state index contributed by atoms with van der Waals surface area (Å²) in [5, 5.41) is 2.53. The maximum absolute atomic E-state index is 11.6. The van der Waals surface area contributed by atoms with Crippen LogP contribution in [-0.2, 0) is 0 Å². The molecule has 0 atom stereocenters. The van der Waals surface area contributed by atoms with Crippen LogP contribution in [-0.4, -0.2) is 32.2 Å². The van der Waals surface area contributed by atoms with Gasteiger partial charge >= 0.3 is 0 Å². The highest BCUT2D eigenvalue weighted by atomic mass is 16.5. The molecular weight excluding hydrogens is 196 g/mol. The second-order valence-corrected chi connectivity index (χ2v) is 2.90. The van der Waals surface area contributed by atoms with Gasteiger partial charge in [-0.05, 0) is 6.92 Å². The van der Waals surface area contributed by atoms with Crippen LogP contribution in [0.2, 0.25) is 0 Å². The molecule has 1 aromatic heterocycles. The summed E-state index contributed by atoms with van der Waals surface area (Å²) in [4.78, 5) is 15.7. The Morgan fingerprint density at radius 1 is 1.40 bits per heavy atom. The molecule has 0 aliphatic carbocycles. The number of amides is 1. The van der Waals surface area contributed by atoms with E-state index < -0.39 is 0 Å². The number of hydrogen-bond donors (Lipinski definition) is 1. The molecule has 0 aliphatic rings. The maximum Gasteiger partial charge on any atom is 0.256 e. The number of carbonyl (C=O) groups is 1. The van der Waals surface area contributed by atoms with Crippen LogP contribution in [0, 0.1) is 6.92 Å². The van der Waals surface area contributed by atoms with Gasteiger partial charge in [-0.15, -0.1) is 0 Å². The minimum Gasteiger partial charge on any atom is -0.492 e. The lowest BCUT2D eigenvalue weighted by Crippen LogP contribution is -2.20.